The van der Waals surface area contributed by atoms with Gasteiger partial charge in [0.05, 0.1) is 5.69 Å². The van der Waals surface area contributed by atoms with Crippen molar-refractivity contribution in [2.24, 2.45) is 0 Å². The average molecular weight is 341 g/mol. The zero-order chi connectivity index (χ0) is 14.2. The summed E-state index contributed by atoms with van der Waals surface area (Å²) in [5.41, 5.74) is 3.44. The van der Waals surface area contributed by atoms with Crippen LogP contribution in [0.5, 0.6) is 0 Å². The Morgan fingerprint density at radius 3 is 2.48 bits per heavy atom. The van der Waals surface area contributed by atoms with E-state index in [1.807, 2.05) is 47.0 Å². The Kier molecular flexibility index (Phi) is 2.82. The Labute approximate surface area is 128 Å². The van der Waals surface area contributed by atoms with Crippen molar-refractivity contribution in [1.82, 2.24) is 19.7 Å². The van der Waals surface area contributed by atoms with Crippen molar-refractivity contribution in [1.29, 1.82) is 0 Å². The largest absolute Gasteiger partial charge is 0.436 e. The summed E-state index contributed by atoms with van der Waals surface area (Å²) in [6, 6.07) is 13.7. The standard InChI is InChI=1S/C15H9BrN4O/c16-11-3-1-10(2-4-11)15-19-13-6-5-12(7-14(13)21-15)20-8-17-18-9-20/h1-9H. The van der Waals surface area contributed by atoms with Crippen molar-refractivity contribution >= 4 is 27.0 Å². The second kappa shape index (κ2) is 4.82. The molecule has 102 valence electrons. The number of rotatable bonds is 2. The fraction of sp³-hybridized carbons (Fsp3) is 0. The van der Waals surface area contributed by atoms with Gasteiger partial charge in [-0.3, -0.25) is 4.57 Å². The molecule has 0 N–H and O–H groups in total. The molecule has 0 aliphatic rings. The summed E-state index contributed by atoms with van der Waals surface area (Å²) in [4.78, 5) is 4.51. The molecule has 0 radical (unpaired) electrons. The first-order chi connectivity index (χ1) is 10.3. The van der Waals surface area contributed by atoms with Gasteiger partial charge in [0, 0.05) is 16.1 Å². The van der Waals surface area contributed by atoms with E-state index in [9.17, 15) is 0 Å². The van der Waals surface area contributed by atoms with Gasteiger partial charge in [0.1, 0.15) is 18.2 Å². The molecular formula is C15H9BrN4O. The van der Waals surface area contributed by atoms with Crippen LogP contribution in [-0.2, 0) is 0 Å². The van der Waals surface area contributed by atoms with Crippen molar-refractivity contribution in [3.05, 3.63) is 59.6 Å². The van der Waals surface area contributed by atoms with Crippen LogP contribution >= 0.6 is 15.9 Å². The third-order valence-corrected chi connectivity index (χ3v) is 3.71. The Bertz CT molecular complexity index is 897. The molecule has 0 bridgehead atoms. The quantitative estimate of drug-likeness (QED) is 0.556. The number of oxazole rings is 1. The minimum atomic E-state index is 0.610. The second-order valence-corrected chi connectivity index (χ2v) is 5.46. The van der Waals surface area contributed by atoms with E-state index in [4.69, 9.17) is 4.42 Å². The van der Waals surface area contributed by atoms with Gasteiger partial charge in [-0.15, -0.1) is 10.2 Å². The molecule has 6 heteroatoms. The molecule has 0 fully saturated rings. The SMILES string of the molecule is Brc1ccc(-c2nc3ccc(-n4cnnc4)cc3o2)cc1. The van der Waals surface area contributed by atoms with Gasteiger partial charge >= 0.3 is 0 Å². The molecule has 4 aromatic rings. The van der Waals surface area contributed by atoms with Crippen molar-refractivity contribution in [2.75, 3.05) is 0 Å². The zero-order valence-electron chi connectivity index (χ0n) is 10.8. The van der Waals surface area contributed by atoms with E-state index < -0.39 is 0 Å². The summed E-state index contributed by atoms with van der Waals surface area (Å²) in [6.45, 7) is 0. The third kappa shape index (κ3) is 2.23. The minimum Gasteiger partial charge on any atom is -0.436 e. The predicted octanol–water partition coefficient (Wildman–Crippen LogP) is 3.84. The first-order valence-corrected chi connectivity index (χ1v) is 7.10. The van der Waals surface area contributed by atoms with Gasteiger partial charge in [-0.25, -0.2) is 4.98 Å². The monoisotopic (exact) mass is 340 g/mol. The van der Waals surface area contributed by atoms with Gasteiger partial charge < -0.3 is 4.42 Å². The Morgan fingerprint density at radius 1 is 0.952 bits per heavy atom. The van der Waals surface area contributed by atoms with E-state index in [-0.39, 0.29) is 0 Å². The Morgan fingerprint density at radius 2 is 1.71 bits per heavy atom. The highest BCUT2D eigenvalue weighted by molar-refractivity contribution is 9.10. The lowest BCUT2D eigenvalue weighted by molar-refractivity contribution is 0.619. The summed E-state index contributed by atoms with van der Waals surface area (Å²) in [5, 5.41) is 7.60. The molecule has 21 heavy (non-hydrogen) atoms. The van der Waals surface area contributed by atoms with E-state index in [1.165, 1.54) is 0 Å². The fourth-order valence-electron chi connectivity index (χ4n) is 2.12. The maximum Gasteiger partial charge on any atom is 0.227 e. The first kappa shape index (κ1) is 12.3. The lowest BCUT2D eigenvalue weighted by atomic mass is 10.2. The molecule has 0 aliphatic carbocycles. The van der Waals surface area contributed by atoms with Crippen LogP contribution in [0, 0.1) is 0 Å². The summed E-state index contributed by atoms with van der Waals surface area (Å²) < 4.78 is 8.70. The van der Waals surface area contributed by atoms with Gasteiger partial charge in [0.15, 0.2) is 5.58 Å². The van der Waals surface area contributed by atoms with E-state index in [0.717, 1.165) is 26.8 Å². The highest BCUT2D eigenvalue weighted by atomic mass is 79.9. The lowest BCUT2D eigenvalue weighted by Crippen LogP contribution is -1.88. The van der Waals surface area contributed by atoms with Crippen LogP contribution in [0.15, 0.2) is 64.0 Å². The van der Waals surface area contributed by atoms with Crippen molar-refractivity contribution in [2.45, 2.75) is 0 Å². The Hall–Kier alpha value is -2.47. The van der Waals surface area contributed by atoms with Crippen LogP contribution in [0.3, 0.4) is 0 Å². The van der Waals surface area contributed by atoms with Gasteiger partial charge in [-0.1, -0.05) is 15.9 Å². The fourth-order valence-corrected chi connectivity index (χ4v) is 2.39. The molecule has 5 nitrogen and oxygen atoms in total. The molecule has 0 unspecified atom stereocenters. The molecule has 2 aromatic heterocycles. The van der Waals surface area contributed by atoms with E-state index >= 15 is 0 Å². The molecule has 0 aliphatic heterocycles. The van der Waals surface area contributed by atoms with Crippen LogP contribution < -0.4 is 0 Å². The molecule has 0 atom stereocenters. The molecule has 0 spiro atoms. The maximum absolute atomic E-state index is 5.85. The lowest BCUT2D eigenvalue weighted by Gasteiger charge is -1.98. The molecule has 0 saturated heterocycles. The van der Waals surface area contributed by atoms with Gasteiger partial charge in [-0.05, 0) is 36.4 Å². The number of aromatic nitrogens is 4. The van der Waals surface area contributed by atoms with Crippen LogP contribution in [-0.4, -0.2) is 19.7 Å². The number of benzene rings is 2. The summed E-state index contributed by atoms with van der Waals surface area (Å²) in [6.07, 6.45) is 3.29. The Balaban J connectivity index is 1.81. The van der Waals surface area contributed by atoms with Crippen molar-refractivity contribution < 1.29 is 4.42 Å². The summed E-state index contributed by atoms with van der Waals surface area (Å²) in [7, 11) is 0. The first-order valence-electron chi connectivity index (χ1n) is 6.31. The highest BCUT2D eigenvalue weighted by Crippen LogP contribution is 2.26. The average Bonchev–Trinajstić information content (AvgIpc) is 3.16. The molecule has 2 aromatic carbocycles. The smallest absolute Gasteiger partial charge is 0.227 e. The highest BCUT2D eigenvalue weighted by Gasteiger charge is 2.09. The van der Waals surface area contributed by atoms with Gasteiger partial charge in [0.25, 0.3) is 0 Å². The van der Waals surface area contributed by atoms with Gasteiger partial charge in [0.2, 0.25) is 5.89 Å². The normalized spacial score (nSPS) is 11.1. The summed E-state index contributed by atoms with van der Waals surface area (Å²) in [5.74, 6) is 0.610. The third-order valence-electron chi connectivity index (χ3n) is 3.18. The zero-order valence-corrected chi connectivity index (χ0v) is 12.4. The van der Waals surface area contributed by atoms with Crippen LogP contribution in [0.4, 0.5) is 0 Å². The van der Waals surface area contributed by atoms with Crippen LogP contribution in [0.25, 0.3) is 28.2 Å². The molecule has 4 rings (SSSR count). The molecule has 0 amide bonds. The minimum absolute atomic E-state index is 0.610. The van der Waals surface area contributed by atoms with E-state index in [1.54, 1.807) is 12.7 Å². The summed E-state index contributed by atoms with van der Waals surface area (Å²) >= 11 is 3.42. The van der Waals surface area contributed by atoms with Gasteiger partial charge in [-0.2, -0.15) is 0 Å². The molecular weight excluding hydrogens is 332 g/mol. The molecule has 2 heterocycles. The van der Waals surface area contributed by atoms with Crippen LogP contribution in [0.1, 0.15) is 0 Å². The predicted molar refractivity (Wildman–Crippen MR) is 82.1 cm³/mol. The number of hydrogen-bond donors (Lipinski definition) is 0. The van der Waals surface area contributed by atoms with E-state index in [2.05, 4.69) is 31.1 Å². The van der Waals surface area contributed by atoms with Crippen LogP contribution in [0.2, 0.25) is 0 Å². The molecule has 0 saturated carbocycles. The topological polar surface area (TPSA) is 56.7 Å². The van der Waals surface area contributed by atoms with Crippen molar-refractivity contribution in [3.63, 3.8) is 0 Å². The van der Waals surface area contributed by atoms with E-state index in [0.29, 0.717) is 5.89 Å². The maximum atomic E-state index is 5.85. The number of hydrogen-bond acceptors (Lipinski definition) is 4. The second-order valence-electron chi connectivity index (χ2n) is 4.55. The number of fused-ring (bicyclic) bond motifs is 1. The number of nitrogens with zero attached hydrogens (tertiary/aromatic N) is 4. The number of halogens is 1. The van der Waals surface area contributed by atoms with Crippen molar-refractivity contribution in [3.8, 4) is 17.1 Å².